The number of benzene rings is 2. The minimum atomic E-state index is -3.83. The van der Waals surface area contributed by atoms with E-state index < -0.39 is 9.84 Å². The summed E-state index contributed by atoms with van der Waals surface area (Å²) in [7, 11) is -3.83. The molecule has 0 amide bonds. The van der Waals surface area contributed by atoms with E-state index in [-0.39, 0.29) is 21.3 Å². The van der Waals surface area contributed by atoms with E-state index in [9.17, 15) is 18.6 Å². The predicted octanol–water partition coefficient (Wildman–Crippen LogP) is 4.09. The van der Waals surface area contributed by atoms with Crippen LogP contribution in [0.25, 0.3) is 0 Å². The molecule has 0 aliphatic carbocycles. The lowest BCUT2D eigenvalue weighted by atomic mass is 10.00. The number of sulfone groups is 1. The number of hydrogen-bond acceptors (Lipinski definition) is 4. The molecular formula is C19H24O4S. The van der Waals surface area contributed by atoms with Crippen LogP contribution in [-0.2, 0) is 9.84 Å². The lowest BCUT2D eigenvalue weighted by Crippen LogP contribution is -2.11. The first-order chi connectivity index (χ1) is 10.9. The molecule has 0 aromatic heterocycles. The van der Waals surface area contributed by atoms with Gasteiger partial charge in [0.05, 0.1) is 9.79 Å². The highest BCUT2D eigenvalue weighted by Crippen LogP contribution is 2.39. The van der Waals surface area contributed by atoms with Crippen molar-refractivity contribution in [2.24, 2.45) is 0 Å². The van der Waals surface area contributed by atoms with Gasteiger partial charge < -0.3 is 10.2 Å². The first-order valence-corrected chi connectivity index (χ1v) is 9.25. The largest absolute Gasteiger partial charge is 0.507 e. The Balaban J connectivity index is 2.94. The fraction of sp³-hybridized carbons (Fsp3) is 0.368. The van der Waals surface area contributed by atoms with E-state index in [1.165, 1.54) is 0 Å². The highest BCUT2D eigenvalue weighted by atomic mass is 32.2. The van der Waals surface area contributed by atoms with Crippen molar-refractivity contribution in [2.45, 2.75) is 58.3 Å². The van der Waals surface area contributed by atoms with E-state index in [1.54, 1.807) is 54.5 Å². The van der Waals surface area contributed by atoms with Crippen molar-refractivity contribution in [3.8, 4) is 11.5 Å². The van der Waals surface area contributed by atoms with E-state index in [0.717, 1.165) is 5.56 Å². The molecule has 0 bridgehead atoms. The second-order valence-corrected chi connectivity index (χ2v) is 8.33. The second kappa shape index (κ2) is 5.81. The summed E-state index contributed by atoms with van der Waals surface area (Å²) >= 11 is 0. The highest BCUT2D eigenvalue weighted by Gasteiger charge is 2.29. The number of rotatable bonds is 2. The molecule has 24 heavy (non-hydrogen) atoms. The third kappa shape index (κ3) is 2.47. The standard InChI is InChI=1S/C19H24O4S/c1-9-8-16(15(7)17(20)10(9)2)24(22,23)19-13(5)11(3)18(21)12(4)14(19)6/h8,20-21H,1-7H3. The van der Waals surface area contributed by atoms with Crippen molar-refractivity contribution < 1.29 is 18.6 Å². The summed E-state index contributed by atoms with van der Waals surface area (Å²) < 4.78 is 26.7. The Morgan fingerprint density at radius 3 is 1.54 bits per heavy atom. The summed E-state index contributed by atoms with van der Waals surface area (Å²) in [5.41, 5.74) is 3.93. The van der Waals surface area contributed by atoms with E-state index in [0.29, 0.717) is 33.4 Å². The van der Waals surface area contributed by atoms with Crippen molar-refractivity contribution >= 4 is 9.84 Å². The summed E-state index contributed by atoms with van der Waals surface area (Å²) in [5.74, 6) is 0.139. The van der Waals surface area contributed by atoms with Crippen LogP contribution in [-0.4, -0.2) is 18.6 Å². The third-order valence-electron chi connectivity index (χ3n) is 5.09. The number of aryl methyl sites for hydroxylation is 1. The van der Waals surface area contributed by atoms with Crippen molar-refractivity contribution in [3.05, 3.63) is 45.0 Å². The minimum Gasteiger partial charge on any atom is -0.507 e. The molecular weight excluding hydrogens is 324 g/mol. The monoisotopic (exact) mass is 348 g/mol. The van der Waals surface area contributed by atoms with Gasteiger partial charge in [-0.05, 0) is 87.9 Å². The molecule has 2 aromatic rings. The van der Waals surface area contributed by atoms with Gasteiger partial charge in [-0.3, -0.25) is 0 Å². The number of hydrogen-bond donors (Lipinski definition) is 2. The maximum Gasteiger partial charge on any atom is 0.207 e. The van der Waals surface area contributed by atoms with Gasteiger partial charge in [0, 0.05) is 5.56 Å². The molecule has 0 radical (unpaired) electrons. The Hall–Kier alpha value is -2.01. The van der Waals surface area contributed by atoms with Gasteiger partial charge in [-0.2, -0.15) is 0 Å². The Labute approximate surface area is 143 Å². The highest BCUT2D eigenvalue weighted by molar-refractivity contribution is 7.91. The normalized spacial score (nSPS) is 11.8. The van der Waals surface area contributed by atoms with Crippen molar-refractivity contribution in [1.82, 2.24) is 0 Å². The zero-order chi connectivity index (χ0) is 18.6. The molecule has 2 aromatic carbocycles. The van der Waals surface area contributed by atoms with E-state index in [4.69, 9.17) is 0 Å². The molecule has 0 heterocycles. The molecule has 2 rings (SSSR count). The van der Waals surface area contributed by atoms with Crippen LogP contribution in [0.2, 0.25) is 0 Å². The predicted molar refractivity (Wildman–Crippen MR) is 94.8 cm³/mol. The van der Waals surface area contributed by atoms with Crippen molar-refractivity contribution in [2.75, 3.05) is 0 Å². The first-order valence-electron chi connectivity index (χ1n) is 7.77. The smallest absolute Gasteiger partial charge is 0.207 e. The van der Waals surface area contributed by atoms with Crippen LogP contribution in [0, 0.1) is 48.5 Å². The summed E-state index contributed by atoms with van der Waals surface area (Å²) in [6.07, 6.45) is 0. The Kier molecular flexibility index (Phi) is 4.44. The van der Waals surface area contributed by atoms with Crippen LogP contribution >= 0.6 is 0 Å². The van der Waals surface area contributed by atoms with Gasteiger partial charge in [0.15, 0.2) is 0 Å². The van der Waals surface area contributed by atoms with Crippen molar-refractivity contribution in [3.63, 3.8) is 0 Å². The SMILES string of the molecule is Cc1cc(S(=O)(=O)c2c(C)c(C)c(O)c(C)c2C)c(C)c(O)c1C. The van der Waals surface area contributed by atoms with E-state index in [1.807, 2.05) is 0 Å². The molecule has 2 N–H and O–H groups in total. The maximum absolute atomic E-state index is 13.3. The van der Waals surface area contributed by atoms with E-state index >= 15 is 0 Å². The number of phenolic OH excluding ortho intramolecular Hbond substituents is 2. The summed E-state index contributed by atoms with van der Waals surface area (Å²) in [5, 5.41) is 20.4. The molecule has 0 fully saturated rings. The van der Waals surface area contributed by atoms with Gasteiger partial charge in [-0.25, -0.2) is 8.42 Å². The summed E-state index contributed by atoms with van der Waals surface area (Å²) in [4.78, 5) is 0.319. The average molecular weight is 348 g/mol. The summed E-state index contributed by atoms with van der Waals surface area (Å²) in [6.45, 7) is 12.0. The molecule has 0 saturated heterocycles. The van der Waals surface area contributed by atoms with Crippen LogP contribution in [0.5, 0.6) is 11.5 Å². The molecule has 0 aliphatic heterocycles. The van der Waals surface area contributed by atoms with Gasteiger partial charge in [0.1, 0.15) is 11.5 Å². The zero-order valence-electron chi connectivity index (χ0n) is 15.2. The van der Waals surface area contributed by atoms with E-state index in [2.05, 4.69) is 0 Å². The van der Waals surface area contributed by atoms with Gasteiger partial charge in [0.2, 0.25) is 9.84 Å². The quantitative estimate of drug-likeness (QED) is 0.857. The fourth-order valence-electron chi connectivity index (χ4n) is 3.05. The third-order valence-corrected chi connectivity index (χ3v) is 7.25. The van der Waals surface area contributed by atoms with Gasteiger partial charge in [-0.1, -0.05) is 0 Å². The Bertz CT molecular complexity index is 925. The van der Waals surface area contributed by atoms with Crippen molar-refractivity contribution in [1.29, 1.82) is 0 Å². The number of aromatic hydroxyl groups is 2. The topological polar surface area (TPSA) is 74.6 Å². The lowest BCUT2D eigenvalue weighted by molar-refractivity contribution is 0.462. The molecule has 130 valence electrons. The molecule has 0 saturated carbocycles. The van der Waals surface area contributed by atoms with Crippen LogP contribution in [0.3, 0.4) is 0 Å². The number of phenols is 2. The van der Waals surface area contributed by atoms with Crippen LogP contribution in [0.15, 0.2) is 15.9 Å². The Morgan fingerprint density at radius 1 is 0.667 bits per heavy atom. The lowest BCUT2D eigenvalue weighted by Gasteiger charge is -2.19. The van der Waals surface area contributed by atoms with Gasteiger partial charge >= 0.3 is 0 Å². The minimum absolute atomic E-state index is 0.0103. The van der Waals surface area contributed by atoms with Crippen LogP contribution in [0.1, 0.15) is 38.9 Å². The van der Waals surface area contributed by atoms with Crippen LogP contribution in [0.4, 0.5) is 0 Å². The Morgan fingerprint density at radius 2 is 1.08 bits per heavy atom. The summed E-state index contributed by atoms with van der Waals surface area (Å²) in [6, 6.07) is 1.61. The molecule has 0 aliphatic rings. The van der Waals surface area contributed by atoms with Gasteiger partial charge in [0.25, 0.3) is 0 Å². The maximum atomic E-state index is 13.3. The second-order valence-electron chi connectivity index (χ2n) is 6.47. The van der Waals surface area contributed by atoms with Crippen LogP contribution < -0.4 is 0 Å². The molecule has 0 unspecified atom stereocenters. The van der Waals surface area contributed by atoms with Gasteiger partial charge in [-0.15, -0.1) is 0 Å². The fourth-order valence-corrected chi connectivity index (χ4v) is 5.21. The molecule has 4 nitrogen and oxygen atoms in total. The molecule has 0 spiro atoms. The average Bonchev–Trinajstić information content (AvgIpc) is 2.52. The molecule has 5 heteroatoms. The zero-order valence-corrected chi connectivity index (χ0v) is 16.0. The molecule has 0 atom stereocenters. The first kappa shape index (κ1) is 18.3.